The summed E-state index contributed by atoms with van der Waals surface area (Å²) in [6.45, 7) is 2.26. The monoisotopic (exact) mass is 283 g/mol. The number of nitrogens with zero attached hydrogens (tertiary/aromatic N) is 2. The van der Waals surface area contributed by atoms with E-state index in [1.54, 1.807) is 7.11 Å². The van der Waals surface area contributed by atoms with Crippen LogP contribution >= 0.6 is 11.6 Å². The predicted molar refractivity (Wildman–Crippen MR) is 77.9 cm³/mol. The Balaban J connectivity index is 1.94. The van der Waals surface area contributed by atoms with Gasteiger partial charge >= 0.3 is 0 Å². The Morgan fingerprint density at radius 2 is 2.05 bits per heavy atom. The van der Waals surface area contributed by atoms with Crippen molar-refractivity contribution in [3.05, 3.63) is 11.5 Å². The number of hydrogen-bond donors (Lipinski definition) is 1. The van der Waals surface area contributed by atoms with Gasteiger partial charge in [-0.05, 0) is 31.6 Å². The lowest BCUT2D eigenvalue weighted by atomic mass is 9.83. The van der Waals surface area contributed by atoms with Gasteiger partial charge in [0.1, 0.15) is 6.33 Å². The van der Waals surface area contributed by atoms with Gasteiger partial charge in [-0.15, -0.1) is 0 Å². The highest BCUT2D eigenvalue weighted by Crippen LogP contribution is 2.33. The Morgan fingerprint density at radius 1 is 1.32 bits per heavy atom. The zero-order chi connectivity index (χ0) is 13.7. The summed E-state index contributed by atoms with van der Waals surface area (Å²) >= 11 is 6.00. The molecular formula is C14H22ClN3O. The van der Waals surface area contributed by atoms with Crippen molar-refractivity contribution in [2.24, 2.45) is 5.92 Å². The standard InChI is InChI=1S/C14H22ClN3O/c1-3-4-10-5-7-11(8-6-10)18-14-12(19-2)13(15)16-9-17-14/h9-11H,3-8H2,1-2H3,(H,16,17,18). The molecular weight excluding hydrogens is 262 g/mol. The molecule has 106 valence electrons. The highest BCUT2D eigenvalue weighted by molar-refractivity contribution is 6.31. The largest absolute Gasteiger partial charge is 0.490 e. The molecule has 0 radical (unpaired) electrons. The molecule has 1 aromatic heterocycles. The lowest BCUT2D eigenvalue weighted by Crippen LogP contribution is -2.26. The van der Waals surface area contributed by atoms with Crippen LogP contribution in [-0.4, -0.2) is 23.1 Å². The van der Waals surface area contributed by atoms with Gasteiger partial charge in [-0.3, -0.25) is 0 Å². The first-order chi connectivity index (χ1) is 9.24. The number of hydrogen-bond acceptors (Lipinski definition) is 4. The van der Waals surface area contributed by atoms with Gasteiger partial charge in [-0.25, -0.2) is 9.97 Å². The van der Waals surface area contributed by atoms with E-state index in [9.17, 15) is 0 Å². The summed E-state index contributed by atoms with van der Waals surface area (Å²) in [5.74, 6) is 2.15. The van der Waals surface area contributed by atoms with E-state index >= 15 is 0 Å². The molecule has 0 atom stereocenters. The molecule has 1 N–H and O–H groups in total. The number of halogens is 1. The molecule has 1 aliphatic rings. The van der Waals surface area contributed by atoms with Crippen LogP contribution in [0.1, 0.15) is 45.4 Å². The third-order valence-electron chi connectivity index (χ3n) is 3.85. The highest BCUT2D eigenvalue weighted by atomic mass is 35.5. The van der Waals surface area contributed by atoms with Gasteiger partial charge < -0.3 is 10.1 Å². The van der Waals surface area contributed by atoms with Gasteiger partial charge in [0.2, 0.25) is 0 Å². The third-order valence-corrected chi connectivity index (χ3v) is 4.12. The van der Waals surface area contributed by atoms with Crippen molar-refractivity contribution in [3.8, 4) is 5.75 Å². The van der Waals surface area contributed by atoms with Crippen LogP contribution < -0.4 is 10.1 Å². The van der Waals surface area contributed by atoms with E-state index in [0.717, 1.165) is 5.92 Å². The molecule has 1 fully saturated rings. The van der Waals surface area contributed by atoms with Crippen LogP contribution in [0.3, 0.4) is 0 Å². The summed E-state index contributed by atoms with van der Waals surface area (Å²) in [5.41, 5.74) is 0. The fourth-order valence-corrected chi connectivity index (χ4v) is 3.04. The predicted octanol–water partition coefficient (Wildman–Crippen LogP) is 3.91. The molecule has 1 aliphatic carbocycles. The molecule has 0 saturated heterocycles. The molecule has 0 unspecified atom stereocenters. The van der Waals surface area contributed by atoms with E-state index in [1.165, 1.54) is 44.9 Å². The molecule has 0 spiro atoms. The summed E-state index contributed by atoms with van der Waals surface area (Å²) in [7, 11) is 1.59. The van der Waals surface area contributed by atoms with Gasteiger partial charge in [0, 0.05) is 6.04 Å². The van der Waals surface area contributed by atoms with Crippen molar-refractivity contribution in [2.75, 3.05) is 12.4 Å². The first-order valence-electron chi connectivity index (χ1n) is 7.05. The average molecular weight is 284 g/mol. The molecule has 0 aliphatic heterocycles. The molecule has 1 saturated carbocycles. The van der Waals surface area contributed by atoms with Gasteiger partial charge in [0.25, 0.3) is 0 Å². The molecule has 2 rings (SSSR count). The van der Waals surface area contributed by atoms with Crippen LogP contribution in [0.25, 0.3) is 0 Å². The second kappa shape index (κ2) is 6.94. The normalized spacial score (nSPS) is 23.1. The van der Waals surface area contributed by atoms with E-state index in [4.69, 9.17) is 16.3 Å². The quantitative estimate of drug-likeness (QED) is 0.832. The molecule has 0 amide bonds. The number of methoxy groups -OCH3 is 1. The number of anilines is 1. The Morgan fingerprint density at radius 3 is 2.68 bits per heavy atom. The van der Waals surface area contributed by atoms with Gasteiger partial charge in [-0.1, -0.05) is 31.4 Å². The van der Waals surface area contributed by atoms with E-state index in [1.807, 2.05) is 0 Å². The third kappa shape index (κ3) is 3.72. The van der Waals surface area contributed by atoms with Crippen LogP contribution in [0, 0.1) is 5.92 Å². The molecule has 1 heterocycles. The fourth-order valence-electron chi connectivity index (χ4n) is 2.83. The summed E-state index contributed by atoms with van der Waals surface area (Å²) in [6, 6.07) is 0.466. The van der Waals surface area contributed by atoms with Crippen molar-refractivity contribution in [1.29, 1.82) is 0 Å². The maximum Gasteiger partial charge on any atom is 0.198 e. The summed E-state index contributed by atoms with van der Waals surface area (Å²) < 4.78 is 5.26. The maximum absolute atomic E-state index is 6.00. The molecule has 5 heteroatoms. The van der Waals surface area contributed by atoms with Gasteiger partial charge in [0.15, 0.2) is 16.7 Å². The Kier molecular flexibility index (Phi) is 5.25. The number of aromatic nitrogens is 2. The number of rotatable bonds is 5. The van der Waals surface area contributed by atoms with Crippen LogP contribution in [0.4, 0.5) is 5.82 Å². The Hall–Kier alpha value is -1.03. The minimum atomic E-state index is 0.361. The molecule has 0 bridgehead atoms. The minimum absolute atomic E-state index is 0.361. The maximum atomic E-state index is 6.00. The number of nitrogens with one attached hydrogen (secondary N) is 1. The topological polar surface area (TPSA) is 47.0 Å². The first kappa shape index (κ1) is 14.4. The summed E-state index contributed by atoms with van der Waals surface area (Å²) in [6.07, 6.45) is 9.09. The van der Waals surface area contributed by atoms with Crippen molar-refractivity contribution < 1.29 is 4.74 Å². The van der Waals surface area contributed by atoms with Crippen molar-refractivity contribution in [2.45, 2.75) is 51.5 Å². The van der Waals surface area contributed by atoms with Crippen LogP contribution in [0.2, 0.25) is 5.15 Å². The lowest BCUT2D eigenvalue weighted by molar-refractivity contribution is 0.317. The Bertz CT molecular complexity index is 406. The smallest absolute Gasteiger partial charge is 0.198 e. The first-order valence-corrected chi connectivity index (χ1v) is 7.43. The number of ether oxygens (including phenoxy) is 1. The Labute approximate surface area is 119 Å². The summed E-state index contributed by atoms with van der Waals surface area (Å²) in [4.78, 5) is 8.16. The summed E-state index contributed by atoms with van der Waals surface area (Å²) in [5, 5.41) is 3.80. The minimum Gasteiger partial charge on any atom is -0.490 e. The van der Waals surface area contributed by atoms with Gasteiger partial charge in [0.05, 0.1) is 7.11 Å². The van der Waals surface area contributed by atoms with Gasteiger partial charge in [-0.2, -0.15) is 0 Å². The SMILES string of the molecule is CCCC1CCC(Nc2ncnc(Cl)c2OC)CC1. The lowest BCUT2D eigenvalue weighted by Gasteiger charge is -2.29. The molecule has 4 nitrogen and oxygen atoms in total. The van der Waals surface area contributed by atoms with E-state index in [0.29, 0.717) is 22.8 Å². The molecule has 19 heavy (non-hydrogen) atoms. The van der Waals surface area contributed by atoms with E-state index in [2.05, 4.69) is 22.2 Å². The zero-order valence-corrected chi connectivity index (χ0v) is 12.4. The van der Waals surface area contributed by atoms with E-state index < -0.39 is 0 Å². The van der Waals surface area contributed by atoms with Crippen LogP contribution in [0.5, 0.6) is 5.75 Å². The second-order valence-corrected chi connectivity index (χ2v) is 5.56. The van der Waals surface area contributed by atoms with Crippen LogP contribution in [-0.2, 0) is 0 Å². The fraction of sp³-hybridized carbons (Fsp3) is 0.714. The molecule has 0 aromatic carbocycles. The van der Waals surface area contributed by atoms with Crippen molar-refractivity contribution >= 4 is 17.4 Å². The highest BCUT2D eigenvalue weighted by Gasteiger charge is 2.22. The average Bonchev–Trinajstić information content (AvgIpc) is 2.42. The second-order valence-electron chi connectivity index (χ2n) is 5.20. The van der Waals surface area contributed by atoms with Crippen molar-refractivity contribution in [3.63, 3.8) is 0 Å². The zero-order valence-electron chi connectivity index (χ0n) is 11.7. The van der Waals surface area contributed by atoms with E-state index in [-0.39, 0.29) is 0 Å². The molecule has 1 aromatic rings. The van der Waals surface area contributed by atoms with Crippen molar-refractivity contribution in [1.82, 2.24) is 9.97 Å². The van der Waals surface area contributed by atoms with Crippen LogP contribution in [0.15, 0.2) is 6.33 Å².